The zero-order chi connectivity index (χ0) is 14.8. The minimum atomic E-state index is -1.06. The lowest BCUT2D eigenvalue weighted by atomic mass is 9.86. The summed E-state index contributed by atoms with van der Waals surface area (Å²) in [5.41, 5.74) is -0.227. The molecule has 1 aromatic rings. The van der Waals surface area contributed by atoms with E-state index in [1.54, 1.807) is 32.9 Å². The fraction of sp³-hybridized carbons (Fsp3) is 0.385. The van der Waals surface area contributed by atoms with Crippen LogP contribution in [0, 0.1) is 8.99 Å². The molecule has 19 heavy (non-hydrogen) atoms. The van der Waals surface area contributed by atoms with Crippen molar-refractivity contribution in [1.29, 1.82) is 0 Å². The van der Waals surface area contributed by atoms with Crippen molar-refractivity contribution in [1.82, 2.24) is 5.32 Å². The van der Waals surface area contributed by atoms with E-state index in [0.29, 0.717) is 10.6 Å². The number of rotatable bonds is 3. The highest BCUT2D eigenvalue weighted by molar-refractivity contribution is 14.1. The van der Waals surface area contributed by atoms with Gasteiger partial charge in [-0.15, -0.1) is 0 Å². The maximum Gasteiger partial charge on any atom is 0.326 e. The van der Waals surface area contributed by atoms with Crippen LogP contribution in [0.1, 0.15) is 31.1 Å². The molecule has 0 aromatic heterocycles. The van der Waals surface area contributed by atoms with Gasteiger partial charge in [-0.1, -0.05) is 32.4 Å². The molecule has 0 spiro atoms. The van der Waals surface area contributed by atoms with Gasteiger partial charge >= 0.3 is 5.97 Å². The van der Waals surface area contributed by atoms with E-state index in [1.807, 2.05) is 0 Å². The Morgan fingerprint density at radius 1 is 1.37 bits per heavy atom. The molecule has 104 valence electrons. The van der Waals surface area contributed by atoms with Gasteiger partial charge in [0, 0.05) is 9.13 Å². The number of halogens is 2. The van der Waals surface area contributed by atoms with Crippen molar-refractivity contribution < 1.29 is 14.7 Å². The van der Waals surface area contributed by atoms with Crippen LogP contribution in [0.2, 0.25) is 5.02 Å². The first-order valence-corrected chi connectivity index (χ1v) is 7.07. The smallest absolute Gasteiger partial charge is 0.326 e. The number of carboxylic acid groups (broad SMARTS) is 1. The zero-order valence-electron chi connectivity index (χ0n) is 10.8. The second-order valence-corrected chi connectivity index (χ2v) is 6.81. The van der Waals surface area contributed by atoms with Crippen molar-refractivity contribution in [2.24, 2.45) is 5.41 Å². The zero-order valence-corrected chi connectivity index (χ0v) is 13.7. The highest BCUT2D eigenvalue weighted by Gasteiger charge is 2.32. The van der Waals surface area contributed by atoms with Gasteiger partial charge in [0.2, 0.25) is 0 Å². The van der Waals surface area contributed by atoms with Crippen LogP contribution in [0.25, 0.3) is 0 Å². The van der Waals surface area contributed by atoms with Crippen molar-refractivity contribution >= 4 is 46.1 Å². The van der Waals surface area contributed by atoms with Crippen molar-refractivity contribution in [3.05, 3.63) is 32.4 Å². The van der Waals surface area contributed by atoms with Gasteiger partial charge in [0.25, 0.3) is 5.91 Å². The van der Waals surface area contributed by atoms with Gasteiger partial charge in [-0.05, 0) is 46.2 Å². The summed E-state index contributed by atoms with van der Waals surface area (Å²) < 4.78 is 0.835. The van der Waals surface area contributed by atoms with Crippen molar-refractivity contribution in [2.45, 2.75) is 26.8 Å². The number of aliphatic carboxylic acids is 1. The Balaban J connectivity index is 2.94. The topological polar surface area (TPSA) is 66.4 Å². The lowest BCUT2D eigenvalue weighted by Crippen LogP contribution is -2.49. The Kier molecular flexibility index (Phi) is 5.20. The lowest BCUT2D eigenvalue weighted by Gasteiger charge is -2.27. The van der Waals surface area contributed by atoms with Crippen LogP contribution in [-0.2, 0) is 4.79 Å². The number of hydrogen-bond donors (Lipinski definition) is 2. The van der Waals surface area contributed by atoms with Crippen molar-refractivity contribution in [3.63, 3.8) is 0 Å². The molecule has 4 nitrogen and oxygen atoms in total. The standard InChI is InChI=1S/C13H15ClINO3/c1-13(2,3)10(12(18)19)16-11(17)7-4-5-9(15)8(14)6-7/h4-6,10H,1-3H3,(H,16,17)(H,18,19)/t10-/m1/s1. The fourth-order valence-corrected chi connectivity index (χ4v) is 2.02. The Bertz CT molecular complexity index is 511. The third kappa shape index (κ3) is 4.35. The van der Waals surface area contributed by atoms with Crippen molar-refractivity contribution in [3.8, 4) is 0 Å². The van der Waals surface area contributed by atoms with E-state index in [-0.39, 0.29) is 0 Å². The Morgan fingerprint density at radius 3 is 2.37 bits per heavy atom. The molecular weight excluding hydrogens is 381 g/mol. The summed E-state index contributed by atoms with van der Waals surface area (Å²) >= 11 is 8.00. The summed E-state index contributed by atoms with van der Waals surface area (Å²) in [6.07, 6.45) is 0. The summed E-state index contributed by atoms with van der Waals surface area (Å²) in [6, 6.07) is 3.90. The predicted molar refractivity (Wildman–Crippen MR) is 82.5 cm³/mol. The molecule has 0 fully saturated rings. The molecule has 6 heteroatoms. The number of benzene rings is 1. The lowest BCUT2D eigenvalue weighted by molar-refractivity contribution is -0.142. The van der Waals surface area contributed by atoms with Gasteiger partial charge in [0.05, 0.1) is 5.02 Å². The van der Waals surface area contributed by atoms with Gasteiger partial charge in [0.15, 0.2) is 0 Å². The second kappa shape index (κ2) is 6.09. The third-order valence-electron chi connectivity index (χ3n) is 2.57. The number of hydrogen-bond acceptors (Lipinski definition) is 2. The Hall–Kier alpha value is -0.820. The van der Waals surface area contributed by atoms with Gasteiger partial charge in [-0.3, -0.25) is 4.79 Å². The summed E-state index contributed by atoms with van der Waals surface area (Å²) in [5.74, 6) is -1.50. The van der Waals surface area contributed by atoms with Crippen LogP contribution in [0.15, 0.2) is 18.2 Å². The first kappa shape index (κ1) is 16.2. The molecule has 1 amide bonds. The number of carboxylic acids is 1. The van der Waals surface area contributed by atoms with Gasteiger partial charge in [0.1, 0.15) is 6.04 Å². The molecule has 0 saturated carbocycles. The highest BCUT2D eigenvalue weighted by Crippen LogP contribution is 2.22. The van der Waals surface area contributed by atoms with Gasteiger partial charge in [-0.2, -0.15) is 0 Å². The molecule has 1 aromatic carbocycles. The molecule has 0 aliphatic heterocycles. The molecule has 0 radical (unpaired) electrons. The first-order chi connectivity index (χ1) is 8.62. The predicted octanol–water partition coefficient (Wildman–Crippen LogP) is 3.17. The second-order valence-electron chi connectivity index (χ2n) is 5.24. The van der Waals surface area contributed by atoms with E-state index in [1.165, 1.54) is 6.07 Å². The number of carbonyl (C=O) groups excluding carboxylic acids is 1. The van der Waals surface area contributed by atoms with Gasteiger partial charge < -0.3 is 10.4 Å². The summed E-state index contributed by atoms with van der Waals surface area (Å²) in [5, 5.41) is 12.1. The Morgan fingerprint density at radius 2 is 1.95 bits per heavy atom. The molecule has 2 N–H and O–H groups in total. The largest absolute Gasteiger partial charge is 0.480 e. The molecule has 0 aliphatic rings. The normalized spacial score (nSPS) is 12.9. The van der Waals surface area contributed by atoms with Gasteiger partial charge in [-0.25, -0.2) is 4.79 Å². The maximum atomic E-state index is 12.0. The van der Waals surface area contributed by atoms with E-state index < -0.39 is 23.3 Å². The van der Waals surface area contributed by atoms with Crippen LogP contribution < -0.4 is 5.32 Å². The molecule has 0 heterocycles. The van der Waals surface area contributed by atoms with Crippen molar-refractivity contribution in [2.75, 3.05) is 0 Å². The minimum absolute atomic E-state index is 0.348. The van der Waals surface area contributed by atoms with E-state index in [2.05, 4.69) is 27.9 Å². The Labute approximate surface area is 130 Å². The fourth-order valence-electron chi connectivity index (χ4n) is 1.50. The van der Waals surface area contributed by atoms with Crippen LogP contribution in [0.5, 0.6) is 0 Å². The van der Waals surface area contributed by atoms with E-state index in [4.69, 9.17) is 16.7 Å². The number of carbonyl (C=O) groups is 2. The van der Waals surface area contributed by atoms with E-state index in [0.717, 1.165) is 3.57 Å². The molecule has 1 atom stereocenters. The van der Waals surface area contributed by atoms with E-state index >= 15 is 0 Å². The molecule has 0 saturated heterocycles. The minimum Gasteiger partial charge on any atom is -0.480 e. The molecular formula is C13H15ClINO3. The van der Waals surface area contributed by atoms with E-state index in [9.17, 15) is 9.59 Å². The van der Waals surface area contributed by atoms with Crippen LogP contribution in [0.3, 0.4) is 0 Å². The third-order valence-corrected chi connectivity index (χ3v) is 4.14. The molecule has 1 rings (SSSR count). The maximum absolute atomic E-state index is 12.0. The number of nitrogens with one attached hydrogen (secondary N) is 1. The summed E-state index contributed by atoms with van der Waals surface area (Å²) in [7, 11) is 0. The SMILES string of the molecule is CC(C)(C)[C@H](NC(=O)c1ccc(I)c(Cl)c1)C(=O)O. The average Bonchev–Trinajstić information content (AvgIpc) is 2.27. The molecule has 0 unspecified atom stereocenters. The van der Waals surface area contributed by atoms with Crippen LogP contribution >= 0.6 is 34.2 Å². The van der Waals surface area contributed by atoms with Crippen LogP contribution in [0.4, 0.5) is 0 Å². The molecule has 0 bridgehead atoms. The quantitative estimate of drug-likeness (QED) is 0.773. The molecule has 0 aliphatic carbocycles. The highest BCUT2D eigenvalue weighted by atomic mass is 127. The first-order valence-electron chi connectivity index (χ1n) is 5.61. The van der Waals surface area contributed by atoms with Crippen LogP contribution in [-0.4, -0.2) is 23.0 Å². The summed E-state index contributed by atoms with van der Waals surface area (Å²) in [4.78, 5) is 23.2. The summed E-state index contributed by atoms with van der Waals surface area (Å²) in [6.45, 7) is 5.27. The average molecular weight is 396 g/mol. The monoisotopic (exact) mass is 395 g/mol. The number of amides is 1.